The molecule has 0 aromatic carbocycles. The van der Waals surface area contributed by atoms with E-state index in [1.807, 2.05) is 0 Å². The normalized spacial score (nSPS) is 14.8. The van der Waals surface area contributed by atoms with Crippen LogP contribution in [0.1, 0.15) is 20.8 Å². The summed E-state index contributed by atoms with van der Waals surface area (Å²) in [6.45, 7) is 5.21. The summed E-state index contributed by atoms with van der Waals surface area (Å²) in [5.74, 6) is -0.884. The number of hydrogen-bond acceptors (Lipinski definition) is 3. The van der Waals surface area contributed by atoms with Gasteiger partial charge in [0.1, 0.15) is 5.54 Å². The molecule has 4 heteroatoms. The Kier molecular flexibility index (Phi) is 3.67. The zero-order valence-electron chi connectivity index (χ0n) is 8.03. The third-order valence-corrected chi connectivity index (χ3v) is 2.02. The molecule has 0 radical (unpaired) electrons. The van der Waals surface area contributed by atoms with Crippen LogP contribution in [0.5, 0.6) is 0 Å². The highest BCUT2D eigenvalue weighted by molar-refractivity contribution is 5.77. The molecule has 0 heterocycles. The molecule has 0 aromatic heterocycles. The number of aliphatic hydroxyl groups excluding tert-OH is 1. The first-order valence-electron chi connectivity index (χ1n) is 3.91. The fraction of sp³-hybridized carbons (Fsp3) is 0.875. The van der Waals surface area contributed by atoms with E-state index in [1.54, 1.807) is 32.7 Å². The molecule has 12 heavy (non-hydrogen) atoms. The Labute approximate surface area is 72.8 Å². The second kappa shape index (κ2) is 3.87. The van der Waals surface area contributed by atoms with E-state index in [2.05, 4.69) is 0 Å². The number of carboxylic acid groups (broad SMARTS) is 1. The van der Waals surface area contributed by atoms with Crippen molar-refractivity contribution < 1.29 is 15.0 Å². The molecule has 4 nitrogen and oxygen atoms in total. The van der Waals surface area contributed by atoms with Gasteiger partial charge in [-0.25, -0.2) is 0 Å². The molecule has 0 spiro atoms. The molecule has 0 bridgehead atoms. The van der Waals surface area contributed by atoms with Gasteiger partial charge in [-0.1, -0.05) is 0 Å². The average Bonchev–Trinajstić information content (AvgIpc) is 1.85. The molecule has 0 aliphatic rings. The van der Waals surface area contributed by atoms with Crippen molar-refractivity contribution in [3.63, 3.8) is 0 Å². The Morgan fingerprint density at radius 2 is 2.00 bits per heavy atom. The highest BCUT2D eigenvalue weighted by Gasteiger charge is 2.32. The number of rotatable bonds is 4. The molecular formula is C8H17NO3. The number of carbonyl (C=O) groups is 1. The summed E-state index contributed by atoms with van der Waals surface area (Å²) in [7, 11) is 1.68. The summed E-state index contributed by atoms with van der Waals surface area (Å²) < 4.78 is 0. The number of aliphatic hydroxyl groups is 1. The Morgan fingerprint density at radius 1 is 1.58 bits per heavy atom. The zero-order chi connectivity index (χ0) is 9.94. The maximum absolute atomic E-state index is 10.7. The van der Waals surface area contributed by atoms with Gasteiger partial charge in [-0.15, -0.1) is 0 Å². The molecule has 0 saturated heterocycles. The summed E-state index contributed by atoms with van der Waals surface area (Å²) >= 11 is 0. The van der Waals surface area contributed by atoms with Crippen LogP contribution in [0.3, 0.4) is 0 Å². The van der Waals surface area contributed by atoms with Gasteiger partial charge in [0.05, 0.1) is 6.10 Å². The fourth-order valence-corrected chi connectivity index (χ4v) is 0.788. The largest absolute Gasteiger partial charge is 0.480 e. The molecule has 0 rings (SSSR count). The number of likely N-dealkylation sites (N-methyl/N-ethyl adjacent to an activating group) is 1. The quantitative estimate of drug-likeness (QED) is 0.639. The third kappa shape index (κ3) is 2.79. The molecular weight excluding hydrogens is 158 g/mol. The lowest BCUT2D eigenvalue weighted by Crippen LogP contribution is -2.50. The molecule has 72 valence electrons. The van der Waals surface area contributed by atoms with E-state index >= 15 is 0 Å². The number of β-amino-alcohol motifs (C(OH)–C–C–N with tert-alkyl or cyclic N) is 1. The standard InChI is InChI=1S/C8H17NO3/c1-6(10)5-9(4)8(2,3)7(11)12/h6,10H,5H2,1-4H3,(H,11,12). The number of carboxylic acids is 1. The van der Waals surface area contributed by atoms with Crippen molar-refractivity contribution in [1.29, 1.82) is 0 Å². The minimum Gasteiger partial charge on any atom is -0.480 e. The summed E-state index contributed by atoms with van der Waals surface area (Å²) in [6.07, 6.45) is -0.506. The van der Waals surface area contributed by atoms with Crippen molar-refractivity contribution in [2.75, 3.05) is 13.6 Å². The Balaban J connectivity index is 4.25. The van der Waals surface area contributed by atoms with E-state index < -0.39 is 17.6 Å². The van der Waals surface area contributed by atoms with E-state index in [0.29, 0.717) is 6.54 Å². The predicted octanol–water partition coefficient (Wildman–Crippen LogP) is 0.162. The van der Waals surface area contributed by atoms with E-state index in [9.17, 15) is 4.79 Å². The van der Waals surface area contributed by atoms with Gasteiger partial charge in [0, 0.05) is 6.54 Å². The molecule has 0 aromatic rings. The maximum Gasteiger partial charge on any atom is 0.323 e. The van der Waals surface area contributed by atoms with Crippen molar-refractivity contribution in [2.45, 2.75) is 32.4 Å². The summed E-state index contributed by atoms with van der Waals surface area (Å²) in [6, 6.07) is 0. The predicted molar refractivity (Wildman–Crippen MR) is 46.0 cm³/mol. The first kappa shape index (κ1) is 11.4. The van der Waals surface area contributed by atoms with Gasteiger partial charge in [-0.05, 0) is 27.8 Å². The molecule has 0 aliphatic heterocycles. The lowest BCUT2D eigenvalue weighted by atomic mass is 10.0. The van der Waals surface area contributed by atoms with Crippen molar-refractivity contribution in [3.8, 4) is 0 Å². The Hall–Kier alpha value is -0.610. The van der Waals surface area contributed by atoms with Crippen LogP contribution in [0.4, 0.5) is 0 Å². The number of nitrogens with zero attached hydrogens (tertiary/aromatic N) is 1. The lowest BCUT2D eigenvalue weighted by Gasteiger charge is -2.32. The molecule has 0 aliphatic carbocycles. The highest BCUT2D eigenvalue weighted by atomic mass is 16.4. The average molecular weight is 175 g/mol. The fourth-order valence-electron chi connectivity index (χ4n) is 0.788. The van der Waals surface area contributed by atoms with Gasteiger partial charge < -0.3 is 10.2 Å². The van der Waals surface area contributed by atoms with Gasteiger partial charge in [0.2, 0.25) is 0 Å². The minimum absolute atomic E-state index is 0.360. The van der Waals surface area contributed by atoms with Gasteiger partial charge in [-0.2, -0.15) is 0 Å². The van der Waals surface area contributed by atoms with Crippen LogP contribution in [0.2, 0.25) is 0 Å². The minimum atomic E-state index is -0.920. The summed E-state index contributed by atoms with van der Waals surface area (Å²) in [5.41, 5.74) is -0.920. The second-order valence-corrected chi connectivity index (χ2v) is 3.59. The molecule has 2 N–H and O–H groups in total. The van der Waals surface area contributed by atoms with Crippen LogP contribution < -0.4 is 0 Å². The van der Waals surface area contributed by atoms with E-state index in [-0.39, 0.29) is 0 Å². The van der Waals surface area contributed by atoms with Crippen molar-refractivity contribution in [3.05, 3.63) is 0 Å². The molecule has 1 unspecified atom stereocenters. The molecule has 0 saturated carbocycles. The van der Waals surface area contributed by atoms with Gasteiger partial charge in [-0.3, -0.25) is 9.69 Å². The smallest absolute Gasteiger partial charge is 0.323 e. The number of aliphatic carboxylic acids is 1. The molecule has 0 fully saturated rings. The van der Waals surface area contributed by atoms with Crippen molar-refractivity contribution in [1.82, 2.24) is 4.90 Å². The zero-order valence-corrected chi connectivity index (χ0v) is 8.03. The Morgan fingerprint density at radius 3 is 2.25 bits per heavy atom. The Bertz CT molecular complexity index is 166. The van der Waals surface area contributed by atoms with Crippen LogP contribution in [-0.4, -0.2) is 46.3 Å². The van der Waals surface area contributed by atoms with Crippen LogP contribution in [-0.2, 0) is 4.79 Å². The van der Waals surface area contributed by atoms with E-state index in [0.717, 1.165) is 0 Å². The monoisotopic (exact) mass is 175 g/mol. The summed E-state index contributed by atoms with van der Waals surface area (Å²) in [5, 5.41) is 17.8. The van der Waals surface area contributed by atoms with Crippen LogP contribution in [0.25, 0.3) is 0 Å². The topological polar surface area (TPSA) is 60.8 Å². The van der Waals surface area contributed by atoms with Crippen LogP contribution in [0.15, 0.2) is 0 Å². The number of hydrogen-bond donors (Lipinski definition) is 2. The van der Waals surface area contributed by atoms with Crippen molar-refractivity contribution in [2.24, 2.45) is 0 Å². The molecule has 0 amide bonds. The highest BCUT2D eigenvalue weighted by Crippen LogP contribution is 2.12. The SMILES string of the molecule is CC(O)CN(C)C(C)(C)C(=O)O. The van der Waals surface area contributed by atoms with Gasteiger partial charge >= 0.3 is 5.97 Å². The van der Waals surface area contributed by atoms with Gasteiger partial charge in [0.15, 0.2) is 0 Å². The maximum atomic E-state index is 10.7. The summed E-state index contributed by atoms with van der Waals surface area (Å²) in [4.78, 5) is 12.3. The van der Waals surface area contributed by atoms with Crippen LogP contribution >= 0.6 is 0 Å². The second-order valence-electron chi connectivity index (χ2n) is 3.59. The lowest BCUT2D eigenvalue weighted by molar-refractivity contribution is -0.149. The third-order valence-electron chi connectivity index (χ3n) is 2.02. The molecule has 1 atom stereocenters. The first-order chi connectivity index (χ1) is 5.28. The van der Waals surface area contributed by atoms with Gasteiger partial charge in [0.25, 0.3) is 0 Å². The van der Waals surface area contributed by atoms with Crippen molar-refractivity contribution >= 4 is 5.97 Å². The van der Waals surface area contributed by atoms with E-state index in [1.165, 1.54) is 0 Å². The first-order valence-corrected chi connectivity index (χ1v) is 3.91. The van der Waals surface area contributed by atoms with E-state index in [4.69, 9.17) is 10.2 Å². The van der Waals surface area contributed by atoms with Crippen LogP contribution in [0, 0.1) is 0 Å².